The van der Waals surface area contributed by atoms with Gasteiger partial charge in [0, 0.05) is 19.8 Å². The van der Waals surface area contributed by atoms with Crippen LogP contribution in [-0.2, 0) is 0 Å². The average Bonchev–Trinajstić information content (AvgIpc) is 2.62. The van der Waals surface area contributed by atoms with Gasteiger partial charge in [-0.15, -0.1) is 10.2 Å². The van der Waals surface area contributed by atoms with Crippen LogP contribution in [0.1, 0.15) is 6.92 Å². The zero-order valence-electron chi connectivity index (χ0n) is 8.39. The Labute approximate surface area is 91.9 Å². The normalized spacial score (nSPS) is 12.1. The molecule has 0 aliphatic carbocycles. The molecule has 1 atom stereocenters. The van der Waals surface area contributed by atoms with E-state index in [1.54, 1.807) is 23.1 Å². The van der Waals surface area contributed by atoms with E-state index in [1.165, 1.54) is 0 Å². The summed E-state index contributed by atoms with van der Waals surface area (Å²) in [7, 11) is 3.87. The highest BCUT2D eigenvalue weighted by molar-refractivity contribution is 8.01. The van der Waals surface area contributed by atoms with Gasteiger partial charge in [0.05, 0.1) is 12.0 Å². The van der Waals surface area contributed by atoms with Crippen molar-refractivity contribution in [2.75, 3.05) is 24.7 Å². The summed E-state index contributed by atoms with van der Waals surface area (Å²) in [5, 5.41) is 17.5. The van der Waals surface area contributed by atoms with Crippen LogP contribution in [0.3, 0.4) is 0 Å². The number of thioether (sulfide) groups is 1. The smallest absolute Gasteiger partial charge is 0.208 e. The fourth-order valence-electron chi connectivity index (χ4n) is 0.675. The van der Waals surface area contributed by atoms with E-state index >= 15 is 0 Å². The molecule has 0 spiro atoms. The maximum absolute atomic E-state index is 8.60. The maximum atomic E-state index is 8.60. The van der Waals surface area contributed by atoms with E-state index in [9.17, 15) is 0 Å². The molecule has 6 heteroatoms. The third-order valence-electron chi connectivity index (χ3n) is 1.46. The maximum Gasteiger partial charge on any atom is 0.208 e. The van der Waals surface area contributed by atoms with Crippen LogP contribution in [0.2, 0.25) is 0 Å². The van der Waals surface area contributed by atoms with Gasteiger partial charge in [-0.2, -0.15) is 5.26 Å². The SMILES string of the molecule is CC(C#N)CSc1nnc(N(C)C)s1. The van der Waals surface area contributed by atoms with Crippen LogP contribution in [0.4, 0.5) is 5.13 Å². The van der Waals surface area contributed by atoms with Gasteiger partial charge in [0.2, 0.25) is 5.13 Å². The van der Waals surface area contributed by atoms with Crippen molar-refractivity contribution in [3.8, 4) is 6.07 Å². The Balaban J connectivity index is 2.49. The molecule has 0 fully saturated rings. The Kier molecular flexibility index (Phi) is 4.17. The number of nitrogens with zero attached hydrogens (tertiary/aromatic N) is 4. The Bertz CT molecular complexity index is 328. The first-order valence-corrected chi connectivity index (χ1v) is 5.97. The Morgan fingerprint density at radius 1 is 1.57 bits per heavy atom. The first kappa shape index (κ1) is 11.3. The van der Waals surface area contributed by atoms with Gasteiger partial charge in [0.15, 0.2) is 4.34 Å². The summed E-state index contributed by atoms with van der Waals surface area (Å²) in [4.78, 5) is 1.93. The summed E-state index contributed by atoms with van der Waals surface area (Å²) in [6.07, 6.45) is 0. The highest BCUT2D eigenvalue weighted by Gasteiger charge is 2.07. The third kappa shape index (κ3) is 3.16. The van der Waals surface area contributed by atoms with Gasteiger partial charge < -0.3 is 4.90 Å². The van der Waals surface area contributed by atoms with E-state index in [0.29, 0.717) is 0 Å². The van der Waals surface area contributed by atoms with E-state index in [1.807, 2.05) is 25.9 Å². The molecule has 0 N–H and O–H groups in total. The first-order valence-electron chi connectivity index (χ1n) is 4.16. The molecule has 0 saturated carbocycles. The summed E-state index contributed by atoms with van der Waals surface area (Å²) >= 11 is 3.14. The van der Waals surface area contributed by atoms with E-state index in [2.05, 4.69) is 16.3 Å². The van der Waals surface area contributed by atoms with Gasteiger partial charge in [-0.1, -0.05) is 23.1 Å². The monoisotopic (exact) mass is 228 g/mol. The number of hydrogen-bond donors (Lipinski definition) is 0. The van der Waals surface area contributed by atoms with Crippen LogP contribution < -0.4 is 4.90 Å². The predicted molar refractivity (Wildman–Crippen MR) is 59.7 cm³/mol. The molecular formula is C8H12N4S2. The third-order valence-corrected chi connectivity index (χ3v) is 3.94. The minimum atomic E-state index is 0.0618. The van der Waals surface area contributed by atoms with E-state index in [4.69, 9.17) is 5.26 Å². The van der Waals surface area contributed by atoms with Crippen LogP contribution in [-0.4, -0.2) is 30.0 Å². The van der Waals surface area contributed by atoms with Crippen molar-refractivity contribution < 1.29 is 0 Å². The van der Waals surface area contributed by atoms with Crippen molar-refractivity contribution in [1.82, 2.24) is 10.2 Å². The molecule has 0 aliphatic rings. The zero-order valence-corrected chi connectivity index (χ0v) is 10.0. The van der Waals surface area contributed by atoms with Crippen LogP contribution in [0, 0.1) is 17.2 Å². The summed E-state index contributed by atoms with van der Waals surface area (Å²) in [5.74, 6) is 0.838. The Morgan fingerprint density at radius 3 is 2.79 bits per heavy atom. The lowest BCUT2D eigenvalue weighted by atomic mass is 10.3. The molecule has 14 heavy (non-hydrogen) atoms. The highest BCUT2D eigenvalue weighted by Crippen LogP contribution is 2.27. The molecule has 1 unspecified atom stereocenters. The number of aromatic nitrogens is 2. The molecule has 0 saturated heterocycles. The largest absolute Gasteiger partial charge is 0.353 e. The summed E-state index contributed by atoms with van der Waals surface area (Å²) < 4.78 is 0.927. The molecule has 76 valence electrons. The second kappa shape index (κ2) is 5.17. The average molecular weight is 228 g/mol. The molecule has 0 bridgehead atoms. The van der Waals surface area contributed by atoms with Crippen molar-refractivity contribution in [3.63, 3.8) is 0 Å². The lowest BCUT2D eigenvalue weighted by molar-refractivity contribution is 0.861. The molecule has 0 aliphatic heterocycles. The number of nitriles is 1. The molecule has 1 aromatic rings. The van der Waals surface area contributed by atoms with Crippen LogP contribution in [0.25, 0.3) is 0 Å². The second-order valence-electron chi connectivity index (χ2n) is 3.09. The molecule has 0 radical (unpaired) electrons. The topological polar surface area (TPSA) is 52.8 Å². The van der Waals surface area contributed by atoms with Crippen molar-refractivity contribution in [3.05, 3.63) is 0 Å². The summed E-state index contributed by atoms with van der Waals surface area (Å²) in [6.45, 7) is 1.90. The highest BCUT2D eigenvalue weighted by atomic mass is 32.2. The van der Waals surface area contributed by atoms with Crippen molar-refractivity contribution in [2.45, 2.75) is 11.3 Å². The molecular weight excluding hydrogens is 216 g/mol. The molecule has 4 nitrogen and oxygen atoms in total. The second-order valence-corrected chi connectivity index (χ2v) is 5.31. The van der Waals surface area contributed by atoms with Gasteiger partial charge in [0.25, 0.3) is 0 Å². The minimum Gasteiger partial charge on any atom is -0.353 e. The van der Waals surface area contributed by atoms with Crippen LogP contribution >= 0.6 is 23.1 Å². The quantitative estimate of drug-likeness (QED) is 0.736. The van der Waals surface area contributed by atoms with E-state index in [-0.39, 0.29) is 5.92 Å². The summed E-state index contributed by atoms with van der Waals surface area (Å²) in [5.41, 5.74) is 0. The Hall–Kier alpha value is -0.800. The van der Waals surface area contributed by atoms with Gasteiger partial charge >= 0.3 is 0 Å². The predicted octanol–water partition coefficient (Wildman–Crippen LogP) is 1.86. The van der Waals surface area contributed by atoms with Gasteiger partial charge in [0.1, 0.15) is 0 Å². The summed E-state index contributed by atoms with van der Waals surface area (Å²) in [6, 6.07) is 2.19. The molecule has 1 aromatic heterocycles. The van der Waals surface area contributed by atoms with Gasteiger partial charge in [-0.3, -0.25) is 0 Å². The number of anilines is 1. The molecule has 0 amide bonds. The van der Waals surface area contributed by atoms with Crippen LogP contribution in [0.15, 0.2) is 4.34 Å². The van der Waals surface area contributed by atoms with E-state index < -0.39 is 0 Å². The molecule has 1 heterocycles. The zero-order chi connectivity index (χ0) is 10.6. The van der Waals surface area contributed by atoms with Crippen molar-refractivity contribution >= 4 is 28.2 Å². The van der Waals surface area contributed by atoms with Gasteiger partial charge in [-0.05, 0) is 6.92 Å². The lowest BCUT2D eigenvalue weighted by Crippen LogP contribution is -2.07. The molecule has 1 rings (SSSR count). The number of rotatable bonds is 4. The number of hydrogen-bond acceptors (Lipinski definition) is 6. The standard InChI is InChI=1S/C8H12N4S2/c1-6(4-9)5-13-8-11-10-7(14-8)12(2)3/h6H,5H2,1-3H3. The van der Waals surface area contributed by atoms with Crippen molar-refractivity contribution in [1.29, 1.82) is 5.26 Å². The van der Waals surface area contributed by atoms with Crippen molar-refractivity contribution in [2.24, 2.45) is 5.92 Å². The first-order chi connectivity index (χ1) is 6.63. The lowest BCUT2D eigenvalue weighted by Gasteiger charge is -2.03. The minimum absolute atomic E-state index is 0.0618. The Morgan fingerprint density at radius 2 is 2.29 bits per heavy atom. The van der Waals surface area contributed by atoms with Gasteiger partial charge in [-0.25, -0.2) is 0 Å². The fraction of sp³-hybridized carbons (Fsp3) is 0.625. The molecule has 0 aromatic carbocycles. The van der Waals surface area contributed by atoms with E-state index in [0.717, 1.165) is 15.2 Å². The fourth-order valence-corrected chi connectivity index (χ4v) is 2.41. The van der Waals surface area contributed by atoms with Crippen LogP contribution in [0.5, 0.6) is 0 Å².